The van der Waals surface area contributed by atoms with Gasteiger partial charge in [-0.15, -0.1) is 0 Å². The zero-order chi connectivity index (χ0) is 21.5. The molecule has 0 fully saturated rings. The molecule has 30 heavy (non-hydrogen) atoms. The fraction of sp³-hybridized carbons (Fsp3) is 0.261. The number of carbonyl (C=O) groups is 2. The Kier molecular flexibility index (Phi) is 6.85. The van der Waals surface area contributed by atoms with Crippen molar-refractivity contribution in [3.8, 4) is 11.5 Å². The number of hydrogen-bond donors (Lipinski definition) is 1. The number of nitrogens with one attached hydrogen (secondary N) is 1. The summed E-state index contributed by atoms with van der Waals surface area (Å²) in [6, 6.07) is 13.5. The maximum absolute atomic E-state index is 12.1. The summed E-state index contributed by atoms with van der Waals surface area (Å²) in [5.41, 5.74) is 0.397. The van der Waals surface area contributed by atoms with E-state index in [4.69, 9.17) is 13.9 Å². The van der Waals surface area contributed by atoms with Gasteiger partial charge >= 0.3 is 11.6 Å². The minimum absolute atomic E-state index is 0.0660. The second-order valence-corrected chi connectivity index (χ2v) is 6.63. The molecule has 0 saturated heterocycles. The molecule has 3 aromatic rings. The van der Waals surface area contributed by atoms with E-state index in [9.17, 15) is 14.4 Å². The molecule has 0 spiro atoms. The Bertz CT molecular complexity index is 1120. The first-order chi connectivity index (χ1) is 14.5. The average molecular weight is 409 g/mol. The maximum Gasteiger partial charge on any atom is 0.349 e. The van der Waals surface area contributed by atoms with Crippen molar-refractivity contribution in [1.29, 1.82) is 0 Å². The first-order valence-corrected chi connectivity index (χ1v) is 9.79. The quantitative estimate of drug-likeness (QED) is 0.348. The largest absolute Gasteiger partial charge is 0.482 e. The van der Waals surface area contributed by atoms with Gasteiger partial charge < -0.3 is 19.2 Å². The zero-order valence-corrected chi connectivity index (χ0v) is 16.9. The molecule has 1 aromatic heterocycles. The summed E-state index contributed by atoms with van der Waals surface area (Å²) in [5, 5.41) is 3.19. The smallest absolute Gasteiger partial charge is 0.349 e. The summed E-state index contributed by atoms with van der Waals surface area (Å²) < 4.78 is 16.1. The van der Waals surface area contributed by atoms with Crippen LogP contribution in [0.5, 0.6) is 11.5 Å². The minimum Gasteiger partial charge on any atom is -0.482 e. The Morgan fingerprint density at radius 1 is 1.07 bits per heavy atom. The van der Waals surface area contributed by atoms with Gasteiger partial charge in [0.05, 0.1) is 0 Å². The van der Waals surface area contributed by atoms with E-state index in [0.29, 0.717) is 17.7 Å². The Morgan fingerprint density at radius 2 is 1.87 bits per heavy atom. The average Bonchev–Trinajstić information content (AvgIpc) is 2.75. The van der Waals surface area contributed by atoms with Gasteiger partial charge in [-0.05, 0) is 42.7 Å². The Labute approximate surface area is 173 Å². The normalized spacial score (nSPS) is 10.6. The molecule has 0 bridgehead atoms. The number of aryl methyl sites for hydroxylation is 1. The van der Waals surface area contributed by atoms with Crippen LogP contribution >= 0.6 is 0 Å². The van der Waals surface area contributed by atoms with Crippen LogP contribution in [0.25, 0.3) is 11.0 Å². The summed E-state index contributed by atoms with van der Waals surface area (Å²) in [6.07, 6.45) is 1.54. The fourth-order valence-corrected chi connectivity index (χ4v) is 2.88. The Morgan fingerprint density at radius 3 is 2.63 bits per heavy atom. The SMILES string of the molecule is CCCNC(=O)c1cc2ccc(OC(=O)COc3ccccc3CC)cc2oc1=O. The molecule has 0 aliphatic rings. The highest BCUT2D eigenvalue weighted by atomic mass is 16.6. The third-order valence-electron chi connectivity index (χ3n) is 4.42. The predicted molar refractivity (Wildman–Crippen MR) is 112 cm³/mol. The van der Waals surface area contributed by atoms with Crippen LogP contribution < -0.4 is 20.4 Å². The van der Waals surface area contributed by atoms with Crippen molar-refractivity contribution < 1.29 is 23.5 Å². The van der Waals surface area contributed by atoms with Crippen molar-refractivity contribution >= 4 is 22.8 Å². The van der Waals surface area contributed by atoms with Crippen LogP contribution in [0.1, 0.15) is 36.2 Å². The van der Waals surface area contributed by atoms with Crippen molar-refractivity contribution in [1.82, 2.24) is 5.32 Å². The third kappa shape index (κ3) is 5.05. The van der Waals surface area contributed by atoms with Gasteiger partial charge in [0.2, 0.25) is 0 Å². The number of fused-ring (bicyclic) bond motifs is 1. The summed E-state index contributed by atoms with van der Waals surface area (Å²) in [5.74, 6) is -0.216. The van der Waals surface area contributed by atoms with Gasteiger partial charge in [0.1, 0.15) is 22.6 Å². The first kappa shape index (κ1) is 21.1. The predicted octanol–water partition coefficient (Wildman–Crippen LogP) is 3.48. The van der Waals surface area contributed by atoms with Crippen LogP contribution in [0.2, 0.25) is 0 Å². The van der Waals surface area contributed by atoms with Crippen LogP contribution in [0.4, 0.5) is 0 Å². The molecule has 1 heterocycles. The van der Waals surface area contributed by atoms with E-state index in [0.717, 1.165) is 18.4 Å². The van der Waals surface area contributed by atoms with E-state index in [2.05, 4.69) is 5.32 Å². The highest BCUT2D eigenvalue weighted by molar-refractivity contribution is 5.96. The molecule has 7 nitrogen and oxygen atoms in total. The van der Waals surface area contributed by atoms with Crippen LogP contribution in [0, 0.1) is 0 Å². The molecule has 2 aromatic carbocycles. The number of amides is 1. The lowest BCUT2D eigenvalue weighted by atomic mass is 10.1. The number of rotatable bonds is 8. The zero-order valence-electron chi connectivity index (χ0n) is 16.9. The van der Waals surface area contributed by atoms with E-state index >= 15 is 0 Å². The molecular weight excluding hydrogens is 386 g/mol. The molecule has 0 saturated carbocycles. The van der Waals surface area contributed by atoms with Crippen LogP contribution in [-0.4, -0.2) is 25.0 Å². The molecule has 7 heteroatoms. The maximum atomic E-state index is 12.1. The molecular formula is C23H23NO6. The molecule has 0 aliphatic carbocycles. The van der Waals surface area contributed by atoms with E-state index in [1.165, 1.54) is 12.1 Å². The fourth-order valence-electron chi connectivity index (χ4n) is 2.88. The molecule has 1 amide bonds. The van der Waals surface area contributed by atoms with Crippen molar-refractivity contribution in [3.05, 3.63) is 70.1 Å². The second kappa shape index (κ2) is 9.73. The van der Waals surface area contributed by atoms with E-state index in [-0.39, 0.29) is 23.5 Å². The van der Waals surface area contributed by atoms with Crippen LogP contribution in [0.3, 0.4) is 0 Å². The molecule has 0 atom stereocenters. The van der Waals surface area contributed by atoms with Gasteiger partial charge in [0.15, 0.2) is 6.61 Å². The lowest BCUT2D eigenvalue weighted by molar-refractivity contribution is -0.136. The van der Waals surface area contributed by atoms with E-state index < -0.39 is 17.5 Å². The molecule has 1 N–H and O–H groups in total. The van der Waals surface area contributed by atoms with Crippen LogP contribution in [-0.2, 0) is 11.2 Å². The summed E-state index contributed by atoms with van der Waals surface area (Å²) >= 11 is 0. The topological polar surface area (TPSA) is 94.8 Å². The molecule has 3 rings (SSSR count). The van der Waals surface area contributed by atoms with Gasteiger partial charge in [-0.25, -0.2) is 9.59 Å². The first-order valence-electron chi connectivity index (χ1n) is 9.79. The summed E-state index contributed by atoms with van der Waals surface area (Å²) in [7, 11) is 0. The standard InChI is InChI=1S/C23H23NO6/c1-3-11-24-22(26)18-12-16-9-10-17(13-20(16)30-23(18)27)29-21(25)14-28-19-8-6-5-7-15(19)4-2/h5-10,12-13H,3-4,11,14H2,1-2H3,(H,24,26). The second-order valence-electron chi connectivity index (χ2n) is 6.63. The third-order valence-corrected chi connectivity index (χ3v) is 4.42. The Hall–Kier alpha value is -3.61. The van der Waals surface area contributed by atoms with Gasteiger partial charge in [0.25, 0.3) is 5.91 Å². The number of esters is 1. The van der Waals surface area contributed by atoms with Gasteiger partial charge in [0, 0.05) is 18.0 Å². The highest BCUT2D eigenvalue weighted by Crippen LogP contribution is 2.22. The van der Waals surface area contributed by atoms with E-state index in [1.807, 2.05) is 32.0 Å². The van der Waals surface area contributed by atoms with E-state index in [1.54, 1.807) is 18.2 Å². The monoisotopic (exact) mass is 409 g/mol. The van der Waals surface area contributed by atoms with Crippen molar-refractivity contribution in [2.45, 2.75) is 26.7 Å². The number of hydrogen-bond acceptors (Lipinski definition) is 6. The van der Waals surface area contributed by atoms with Crippen molar-refractivity contribution in [3.63, 3.8) is 0 Å². The number of ether oxygens (including phenoxy) is 2. The lowest BCUT2D eigenvalue weighted by Crippen LogP contribution is -2.28. The molecule has 0 aliphatic heterocycles. The summed E-state index contributed by atoms with van der Waals surface area (Å²) in [6.45, 7) is 4.13. The number of para-hydroxylation sites is 1. The lowest BCUT2D eigenvalue weighted by Gasteiger charge is -2.10. The highest BCUT2D eigenvalue weighted by Gasteiger charge is 2.14. The molecule has 0 radical (unpaired) electrons. The van der Waals surface area contributed by atoms with Gasteiger partial charge in [-0.3, -0.25) is 4.79 Å². The molecule has 0 unspecified atom stereocenters. The van der Waals surface area contributed by atoms with Gasteiger partial charge in [-0.1, -0.05) is 32.0 Å². The number of carbonyl (C=O) groups excluding carboxylic acids is 2. The minimum atomic E-state index is -0.751. The van der Waals surface area contributed by atoms with Crippen molar-refractivity contribution in [2.75, 3.05) is 13.2 Å². The number of benzene rings is 2. The van der Waals surface area contributed by atoms with Gasteiger partial charge in [-0.2, -0.15) is 0 Å². The van der Waals surface area contributed by atoms with Crippen LogP contribution in [0.15, 0.2) is 57.7 Å². The summed E-state index contributed by atoms with van der Waals surface area (Å²) in [4.78, 5) is 36.3. The van der Waals surface area contributed by atoms with Crippen molar-refractivity contribution in [2.24, 2.45) is 0 Å². The Balaban J connectivity index is 1.70. The molecule has 156 valence electrons.